The van der Waals surface area contributed by atoms with Gasteiger partial charge in [0.1, 0.15) is 22.9 Å². The summed E-state index contributed by atoms with van der Waals surface area (Å²) >= 11 is 0. The van der Waals surface area contributed by atoms with Gasteiger partial charge in [-0.15, -0.1) is 0 Å². The van der Waals surface area contributed by atoms with Crippen molar-refractivity contribution >= 4 is 25.3 Å². The molecule has 1 aliphatic rings. The first-order chi connectivity index (χ1) is 15.9. The molecule has 1 atom stereocenters. The number of carbonyl (C=O) groups excluding carboxylic acids is 1. The third-order valence-corrected chi connectivity index (χ3v) is 11.3. The molecular formula is C28H38O5Si. The van der Waals surface area contributed by atoms with Crippen molar-refractivity contribution in [3.8, 4) is 5.75 Å². The van der Waals surface area contributed by atoms with Gasteiger partial charge >= 0.3 is 5.97 Å². The maximum Gasteiger partial charge on any atom is 0.330 e. The second-order valence-corrected chi connectivity index (χ2v) is 15.2. The summed E-state index contributed by atoms with van der Waals surface area (Å²) in [5, 5.41) is 1.27. The summed E-state index contributed by atoms with van der Waals surface area (Å²) in [5.74, 6) is 2.41. The molecule has 1 heterocycles. The smallest absolute Gasteiger partial charge is 0.330 e. The van der Waals surface area contributed by atoms with Crippen molar-refractivity contribution in [1.29, 1.82) is 0 Å². The van der Waals surface area contributed by atoms with Crippen LogP contribution in [0.3, 0.4) is 0 Å². The van der Waals surface area contributed by atoms with Gasteiger partial charge in [-0.25, -0.2) is 4.79 Å². The summed E-state index contributed by atoms with van der Waals surface area (Å²) in [6.45, 7) is 13.3. The van der Waals surface area contributed by atoms with Crippen molar-refractivity contribution in [2.24, 2.45) is 0 Å². The highest BCUT2D eigenvalue weighted by Crippen LogP contribution is 2.43. The van der Waals surface area contributed by atoms with E-state index in [0.29, 0.717) is 5.76 Å². The maximum absolute atomic E-state index is 11.4. The molecule has 184 valence electrons. The number of hydrogen-bond acceptors (Lipinski definition) is 5. The fraction of sp³-hybridized carbons (Fsp3) is 0.464. The molecule has 0 fully saturated rings. The molecule has 0 saturated heterocycles. The van der Waals surface area contributed by atoms with Gasteiger partial charge in [0, 0.05) is 29.4 Å². The summed E-state index contributed by atoms with van der Waals surface area (Å²) < 4.78 is 22.9. The second kappa shape index (κ2) is 10.3. The van der Waals surface area contributed by atoms with E-state index in [9.17, 15) is 4.79 Å². The summed E-state index contributed by atoms with van der Waals surface area (Å²) in [7, 11) is 1.01. The Kier molecular flexibility index (Phi) is 7.81. The molecule has 0 unspecified atom stereocenters. The Hall–Kier alpha value is -2.73. The lowest BCUT2D eigenvalue weighted by Crippen LogP contribution is -2.43. The van der Waals surface area contributed by atoms with E-state index >= 15 is 0 Å². The Balaban J connectivity index is 1.96. The first-order valence-corrected chi connectivity index (χ1v) is 14.8. The molecule has 0 N–H and O–H groups in total. The number of benzene rings is 1. The predicted octanol–water partition coefficient (Wildman–Crippen LogP) is 7.44. The molecule has 5 nitrogen and oxygen atoms in total. The van der Waals surface area contributed by atoms with Crippen LogP contribution in [-0.4, -0.2) is 28.5 Å². The number of carbonyl (C=O) groups is 1. The highest BCUT2D eigenvalue weighted by molar-refractivity contribution is 6.74. The van der Waals surface area contributed by atoms with E-state index in [2.05, 4.69) is 50.7 Å². The van der Waals surface area contributed by atoms with Crippen LogP contribution in [0.1, 0.15) is 57.8 Å². The van der Waals surface area contributed by atoms with Gasteiger partial charge in [-0.05, 0) is 68.2 Å². The van der Waals surface area contributed by atoms with Crippen molar-refractivity contribution in [1.82, 2.24) is 0 Å². The number of methoxy groups -OCH3 is 2. The summed E-state index contributed by atoms with van der Waals surface area (Å²) in [6, 6.07) is 6.24. The van der Waals surface area contributed by atoms with Crippen LogP contribution in [0.2, 0.25) is 18.1 Å². The van der Waals surface area contributed by atoms with Crippen molar-refractivity contribution in [3.63, 3.8) is 0 Å². The molecule has 0 saturated carbocycles. The number of fused-ring (bicyclic) bond motifs is 3. The molecule has 6 heteroatoms. The van der Waals surface area contributed by atoms with E-state index in [1.807, 2.05) is 25.1 Å². The van der Waals surface area contributed by atoms with E-state index in [0.717, 1.165) is 47.3 Å². The van der Waals surface area contributed by atoms with E-state index in [4.69, 9.17) is 13.6 Å². The number of esters is 1. The van der Waals surface area contributed by atoms with Crippen LogP contribution in [0.25, 0.3) is 11.0 Å². The first-order valence-electron chi connectivity index (χ1n) is 11.9. The number of aryl methyl sites for hydroxylation is 1. The minimum Gasteiger partial charge on any atom is -0.543 e. The van der Waals surface area contributed by atoms with Crippen molar-refractivity contribution < 1.29 is 23.1 Å². The van der Waals surface area contributed by atoms with E-state index in [-0.39, 0.29) is 11.0 Å². The van der Waals surface area contributed by atoms with Crippen molar-refractivity contribution in [2.45, 2.75) is 71.0 Å². The Bertz CT molecular complexity index is 1130. The SMILES string of the molecule is COC(=O)/C=C/C(=C/C(C)=C/[C@H]1CCCc2oc3ccc(O[Si](C)(C)C(C)(C)C)cc3c21)OC. The predicted molar refractivity (Wildman–Crippen MR) is 140 cm³/mol. The quantitative estimate of drug-likeness (QED) is 0.135. The lowest BCUT2D eigenvalue weighted by atomic mass is 9.84. The third-order valence-electron chi connectivity index (χ3n) is 6.90. The van der Waals surface area contributed by atoms with Crippen LogP contribution in [-0.2, 0) is 20.7 Å². The summed E-state index contributed by atoms with van der Waals surface area (Å²) in [4.78, 5) is 11.4. The van der Waals surface area contributed by atoms with E-state index in [1.165, 1.54) is 18.7 Å². The molecule has 0 radical (unpaired) electrons. The Labute approximate surface area is 204 Å². The fourth-order valence-electron chi connectivity index (χ4n) is 4.03. The van der Waals surface area contributed by atoms with Crippen LogP contribution >= 0.6 is 0 Å². The number of rotatable bonds is 7. The molecule has 0 amide bonds. The normalized spacial score (nSPS) is 17.7. The lowest BCUT2D eigenvalue weighted by molar-refractivity contribution is -0.134. The van der Waals surface area contributed by atoms with E-state index in [1.54, 1.807) is 13.2 Å². The van der Waals surface area contributed by atoms with Gasteiger partial charge in [-0.1, -0.05) is 32.4 Å². The van der Waals surface area contributed by atoms with Crippen LogP contribution in [0.5, 0.6) is 5.75 Å². The Morgan fingerprint density at radius 2 is 1.88 bits per heavy atom. The van der Waals surface area contributed by atoms with Crippen LogP contribution in [0.4, 0.5) is 0 Å². The van der Waals surface area contributed by atoms with Crippen LogP contribution < -0.4 is 4.43 Å². The van der Waals surface area contributed by atoms with Gasteiger partial charge < -0.3 is 18.3 Å². The van der Waals surface area contributed by atoms with Crippen LogP contribution in [0, 0.1) is 0 Å². The van der Waals surface area contributed by atoms with Gasteiger partial charge in [0.2, 0.25) is 8.32 Å². The summed E-state index contributed by atoms with van der Waals surface area (Å²) in [5.41, 5.74) is 3.24. The number of allylic oxidation sites excluding steroid dienone is 4. The highest BCUT2D eigenvalue weighted by Gasteiger charge is 2.39. The molecular weight excluding hydrogens is 444 g/mol. The zero-order valence-corrected chi connectivity index (χ0v) is 22.8. The van der Waals surface area contributed by atoms with Gasteiger partial charge in [0.25, 0.3) is 0 Å². The number of ether oxygens (including phenoxy) is 2. The lowest BCUT2D eigenvalue weighted by Gasteiger charge is -2.36. The number of hydrogen-bond donors (Lipinski definition) is 0. The molecule has 0 spiro atoms. The average Bonchev–Trinajstić information content (AvgIpc) is 3.14. The zero-order valence-electron chi connectivity index (χ0n) is 21.8. The van der Waals surface area contributed by atoms with Crippen molar-refractivity contribution in [2.75, 3.05) is 14.2 Å². The minimum absolute atomic E-state index is 0.133. The molecule has 1 aromatic carbocycles. The first kappa shape index (κ1) is 25.9. The molecule has 3 rings (SSSR count). The molecule has 2 aromatic rings. The largest absolute Gasteiger partial charge is 0.543 e. The fourth-order valence-corrected chi connectivity index (χ4v) is 5.05. The monoisotopic (exact) mass is 482 g/mol. The molecule has 0 bridgehead atoms. The van der Waals surface area contributed by atoms with Gasteiger partial charge in [0.15, 0.2) is 0 Å². The van der Waals surface area contributed by atoms with Gasteiger partial charge in [-0.3, -0.25) is 0 Å². The second-order valence-electron chi connectivity index (χ2n) is 10.5. The van der Waals surface area contributed by atoms with Gasteiger partial charge in [0.05, 0.1) is 14.2 Å². The molecule has 1 aliphatic carbocycles. The Morgan fingerprint density at radius 3 is 2.53 bits per heavy atom. The topological polar surface area (TPSA) is 57.9 Å². The zero-order chi connectivity index (χ0) is 25.1. The van der Waals surface area contributed by atoms with Crippen molar-refractivity contribution in [3.05, 3.63) is 65.2 Å². The summed E-state index contributed by atoms with van der Waals surface area (Å²) in [6.07, 6.45) is 10.3. The maximum atomic E-state index is 11.4. The molecule has 34 heavy (non-hydrogen) atoms. The third kappa shape index (κ3) is 5.84. The standard InChI is InChI=1S/C28H38O5Si/c1-19(17-21(30-5)13-15-26(29)31-6)16-20-10-9-11-25-27(20)23-18-22(12-14-24(23)32-25)33-34(7,8)28(2,3)4/h12-18,20H,9-11H2,1-8H3/b15-13+,19-16+,21-17-/t20-/m1/s1. The van der Waals surface area contributed by atoms with Gasteiger partial charge in [-0.2, -0.15) is 0 Å². The number of furan rings is 1. The molecule has 0 aliphatic heterocycles. The Morgan fingerprint density at radius 1 is 1.15 bits per heavy atom. The average molecular weight is 483 g/mol. The van der Waals surface area contributed by atoms with Crippen LogP contribution in [0.15, 0.2) is 58.3 Å². The minimum atomic E-state index is -1.94. The van der Waals surface area contributed by atoms with E-state index < -0.39 is 14.3 Å². The highest BCUT2D eigenvalue weighted by atomic mass is 28.4. The molecule has 1 aromatic heterocycles.